The molecule has 0 fully saturated rings. The van der Waals surface area contributed by atoms with Crippen LogP contribution in [0.5, 0.6) is 5.75 Å². The van der Waals surface area contributed by atoms with Gasteiger partial charge in [0.15, 0.2) is 0 Å². The lowest BCUT2D eigenvalue weighted by Crippen LogP contribution is -2.12. The predicted molar refractivity (Wildman–Crippen MR) is 72.4 cm³/mol. The summed E-state index contributed by atoms with van der Waals surface area (Å²) in [5.74, 6) is 0.380. The maximum Gasteiger partial charge on any atom is 0.257 e. The summed E-state index contributed by atoms with van der Waals surface area (Å²) in [5.41, 5.74) is 1.15. The number of nitrogens with one attached hydrogen (secondary N) is 1. The fourth-order valence-corrected chi connectivity index (χ4v) is 1.78. The normalized spacial score (nSPS) is 9.89. The van der Waals surface area contributed by atoms with E-state index in [4.69, 9.17) is 16.3 Å². The van der Waals surface area contributed by atoms with E-state index in [0.717, 1.165) is 5.69 Å². The molecule has 0 aliphatic heterocycles. The van der Waals surface area contributed by atoms with Crippen LogP contribution in [0.4, 0.5) is 5.69 Å². The summed E-state index contributed by atoms with van der Waals surface area (Å²) in [5, 5.41) is 3.14. The Labute approximate surface area is 110 Å². The Morgan fingerprint density at radius 2 is 1.89 bits per heavy atom. The topological polar surface area (TPSA) is 38.3 Å². The number of hydrogen-bond donors (Lipinski definition) is 1. The van der Waals surface area contributed by atoms with Gasteiger partial charge >= 0.3 is 0 Å². The molecule has 2 rings (SSSR count). The van der Waals surface area contributed by atoms with E-state index >= 15 is 0 Å². The molecule has 0 aliphatic rings. The lowest BCUT2D eigenvalue weighted by molar-refractivity contribution is 0.102. The van der Waals surface area contributed by atoms with Crippen LogP contribution in [0.3, 0.4) is 0 Å². The molecule has 0 atom stereocenters. The molecule has 92 valence electrons. The van der Waals surface area contributed by atoms with E-state index in [2.05, 4.69) is 5.32 Å². The fraction of sp³-hybridized carbons (Fsp3) is 0.0714. The van der Waals surface area contributed by atoms with Crippen LogP contribution >= 0.6 is 11.6 Å². The molecule has 0 spiro atoms. The Bertz CT molecular complexity index is 555. The van der Waals surface area contributed by atoms with Gasteiger partial charge in [-0.3, -0.25) is 4.79 Å². The van der Waals surface area contributed by atoms with Gasteiger partial charge in [-0.1, -0.05) is 29.8 Å². The number of halogens is 1. The van der Waals surface area contributed by atoms with Gasteiger partial charge < -0.3 is 10.1 Å². The molecule has 0 aromatic heterocycles. The van der Waals surface area contributed by atoms with Crippen LogP contribution in [0.25, 0.3) is 0 Å². The Hall–Kier alpha value is -2.00. The summed E-state index contributed by atoms with van der Waals surface area (Å²) in [4.78, 5) is 12.0. The predicted octanol–water partition coefficient (Wildman–Crippen LogP) is 3.60. The molecule has 1 amide bonds. The number of benzene rings is 2. The minimum absolute atomic E-state index is 0.242. The van der Waals surface area contributed by atoms with Crippen molar-refractivity contribution in [3.8, 4) is 5.75 Å². The minimum Gasteiger partial charge on any atom is -0.497 e. The van der Waals surface area contributed by atoms with Gasteiger partial charge in [-0.2, -0.15) is 0 Å². The van der Waals surface area contributed by atoms with Crippen LogP contribution in [-0.4, -0.2) is 13.0 Å². The summed E-state index contributed by atoms with van der Waals surface area (Å²) in [6.45, 7) is 0. The molecule has 0 bridgehead atoms. The molecular weight excluding hydrogens is 250 g/mol. The summed E-state index contributed by atoms with van der Waals surface area (Å²) < 4.78 is 5.03. The Morgan fingerprint density at radius 3 is 2.50 bits per heavy atom. The monoisotopic (exact) mass is 261 g/mol. The number of ether oxygens (including phenoxy) is 1. The number of carbonyl (C=O) groups is 1. The largest absolute Gasteiger partial charge is 0.497 e. The number of methoxy groups -OCH3 is 1. The third-order valence-electron chi connectivity index (χ3n) is 2.45. The number of para-hydroxylation sites is 1. The van der Waals surface area contributed by atoms with Gasteiger partial charge in [0.25, 0.3) is 5.91 Å². The summed E-state index contributed by atoms with van der Waals surface area (Å²) in [7, 11) is 1.55. The van der Waals surface area contributed by atoms with E-state index in [-0.39, 0.29) is 5.91 Å². The number of amides is 1. The van der Waals surface area contributed by atoms with Crippen LogP contribution in [-0.2, 0) is 0 Å². The van der Waals surface area contributed by atoms with Crippen molar-refractivity contribution in [1.82, 2.24) is 0 Å². The quantitative estimate of drug-likeness (QED) is 0.917. The third kappa shape index (κ3) is 2.81. The summed E-state index contributed by atoms with van der Waals surface area (Å²) in [6, 6.07) is 14.2. The smallest absolute Gasteiger partial charge is 0.257 e. The van der Waals surface area contributed by atoms with Gasteiger partial charge in [0, 0.05) is 5.69 Å². The van der Waals surface area contributed by atoms with Crippen molar-refractivity contribution in [2.45, 2.75) is 0 Å². The second-order valence-corrected chi connectivity index (χ2v) is 4.07. The van der Waals surface area contributed by atoms with Crippen molar-refractivity contribution in [2.75, 3.05) is 12.4 Å². The van der Waals surface area contributed by atoms with Crippen molar-refractivity contribution >= 4 is 23.2 Å². The van der Waals surface area contributed by atoms with Gasteiger partial charge in [0.2, 0.25) is 0 Å². The molecule has 0 unspecified atom stereocenters. The van der Waals surface area contributed by atoms with Crippen LogP contribution in [0, 0.1) is 0 Å². The highest BCUT2D eigenvalue weighted by molar-refractivity contribution is 6.34. The lowest BCUT2D eigenvalue weighted by atomic mass is 10.2. The fourth-order valence-electron chi connectivity index (χ4n) is 1.53. The molecule has 0 radical (unpaired) electrons. The van der Waals surface area contributed by atoms with Crippen LogP contribution in [0.1, 0.15) is 10.4 Å². The molecule has 0 heterocycles. The maximum absolute atomic E-state index is 12.0. The molecule has 0 saturated heterocycles. The standard InChI is InChI=1S/C14H12ClNO2/c1-18-11-7-8-12(13(15)9-11)14(17)16-10-5-3-2-4-6-10/h2-9H,1H3,(H,16,17). The van der Waals surface area contributed by atoms with E-state index in [9.17, 15) is 4.79 Å². The third-order valence-corrected chi connectivity index (χ3v) is 2.77. The highest BCUT2D eigenvalue weighted by atomic mass is 35.5. The molecule has 0 aliphatic carbocycles. The second kappa shape index (κ2) is 5.56. The van der Waals surface area contributed by atoms with E-state index in [1.165, 1.54) is 0 Å². The lowest BCUT2D eigenvalue weighted by Gasteiger charge is -2.07. The first-order valence-electron chi connectivity index (χ1n) is 5.40. The average molecular weight is 262 g/mol. The SMILES string of the molecule is COc1ccc(C(=O)Nc2ccccc2)c(Cl)c1. The van der Waals surface area contributed by atoms with E-state index in [1.54, 1.807) is 25.3 Å². The average Bonchev–Trinajstić information content (AvgIpc) is 2.39. The van der Waals surface area contributed by atoms with Crippen molar-refractivity contribution in [3.05, 3.63) is 59.1 Å². The summed E-state index contributed by atoms with van der Waals surface area (Å²) in [6.07, 6.45) is 0. The summed E-state index contributed by atoms with van der Waals surface area (Å²) >= 11 is 6.03. The van der Waals surface area contributed by atoms with Crippen LogP contribution in [0.2, 0.25) is 5.02 Å². The van der Waals surface area contributed by atoms with E-state index in [1.807, 2.05) is 30.3 Å². The molecule has 18 heavy (non-hydrogen) atoms. The first-order chi connectivity index (χ1) is 8.70. The zero-order valence-corrected chi connectivity index (χ0v) is 10.6. The number of carbonyl (C=O) groups excluding carboxylic acids is 1. The molecular formula is C14H12ClNO2. The molecule has 2 aromatic carbocycles. The number of hydrogen-bond acceptors (Lipinski definition) is 2. The molecule has 3 nitrogen and oxygen atoms in total. The van der Waals surface area contributed by atoms with Gasteiger partial charge in [0.1, 0.15) is 5.75 Å². The van der Waals surface area contributed by atoms with Crippen LogP contribution in [0.15, 0.2) is 48.5 Å². The number of rotatable bonds is 3. The van der Waals surface area contributed by atoms with Crippen molar-refractivity contribution in [1.29, 1.82) is 0 Å². The van der Waals surface area contributed by atoms with Gasteiger partial charge in [0.05, 0.1) is 17.7 Å². The van der Waals surface area contributed by atoms with E-state index < -0.39 is 0 Å². The number of anilines is 1. The first-order valence-corrected chi connectivity index (χ1v) is 5.78. The van der Waals surface area contributed by atoms with Crippen molar-refractivity contribution < 1.29 is 9.53 Å². The Kier molecular flexibility index (Phi) is 3.85. The van der Waals surface area contributed by atoms with Gasteiger partial charge in [-0.15, -0.1) is 0 Å². The maximum atomic E-state index is 12.0. The minimum atomic E-state index is -0.242. The highest BCUT2D eigenvalue weighted by Crippen LogP contribution is 2.23. The zero-order valence-electron chi connectivity index (χ0n) is 9.81. The second-order valence-electron chi connectivity index (χ2n) is 3.67. The Morgan fingerprint density at radius 1 is 1.17 bits per heavy atom. The first kappa shape index (κ1) is 12.5. The molecule has 2 aromatic rings. The zero-order chi connectivity index (χ0) is 13.0. The van der Waals surface area contributed by atoms with Crippen molar-refractivity contribution in [3.63, 3.8) is 0 Å². The molecule has 4 heteroatoms. The van der Waals surface area contributed by atoms with Crippen molar-refractivity contribution in [2.24, 2.45) is 0 Å². The Balaban J connectivity index is 2.19. The molecule has 1 N–H and O–H groups in total. The van der Waals surface area contributed by atoms with Gasteiger partial charge in [-0.25, -0.2) is 0 Å². The van der Waals surface area contributed by atoms with E-state index in [0.29, 0.717) is 16.3 Å². The van der Waals surface area contributed by atoms with Gasteiger partial charge in [-0.05, 0) is 30.3 Å². The van der Waals surface area contributed by atoms with Crippen LogP contribution < -0.4 is 10.1 Å². The highest BCUT2D eigenvalue weighted by Gasteiger charge is 2.11. The molecule has 0 saturated carbocycles.